The van der Waals surface area contributed by atoms with Gasteiger partial charge in [0.25, 0.3) is 5.91 Å². The molecular weight excluding hydrogens is 320 g/mol. The largest absolute Gasteiger partial charge is 0.468 e. The maximum absolute atomic E-state index is 12.4. The van der Waals surface area contributed by atoms with E-state index in [1.54, 1.807) is 18.4 Å². The first-order valence-corrected chi connectivity index (χ1v) is 7.51. The van der Waals surface area contributed by atoms with E-state index in [-0.39, 0.29) is 18.7 Å². The van der Waals surface area contributed by atoms with Crippen molar-refractivity contribution in [1.29, 1.82) is 0 Å². The highest BCUT2D eigenvalue weighted by atomic mass is 35.5. The molecule has 0 radical (unpaired) electrons. The molecule has 1 N–H and O–H groups in total. The number of amides is 1. The number of carbonyl (C=O) groups excluding carboxylic acids is 1. The second kappa shape index (κ2) is 6.52. The van der Waals surface area contributed by atoms with Crippen LogP contribution in [0.15, 0.2) is 34.9 Å². The van der Waals surface area contributed by atoms with Gasteiger partial charge in [0.2, 0.25) is 6.79 Å². The van der Waals surface area contributed by atoms with Crippen LogP contribution in [0.3, 0.4) is 0 Å². The lowest BCUT2D eigenvalue weighted by atomic mass is 10.1. The summed E-state index contributed by atoms with van der Waals surface area (Å²) < 4.78 is 15.9. The van der Waals surface area contributed by atoms with Gasteiger partial charge in [-0.25, -0.2) is 0 Å². The van der Waals surface area contributed by atoms with Gasteiger partial charge in [0, 0.05) is 12.1 Å². The summed E-state index contributed by atoms with van der Waals surface area (Å²) in [5.74, 6) is 1.52. The average molecular weight is 337 g/mol. The Bertz CT molecular complexity index is 700. The van der Waals surface area contributed by atoms with Crippen LogP contribution >= 0.6 is 11.6 Å². The molecule has 0 spiro atoms. The number of hydrogen-bond donors (Lipinski definition) is 1. The van der Waals surface area contributed by atoms with Crippen molar-refractivity contribution in [3.63, 3.8) is 0 Å². The number of halogens is 1. The minimum Gasteiger partial charge on any atom is -0.468 e. The summed E-state index contributed by atoms with van der Waals surface area (Å²) >= 11 is 6.11. The number of furan rings is 1. The van der Waals surface area contributed by atoms with Crippen molar-refractivity contribution in [2.75, 3.05) is 27.4 Å². The third-order valence-electron chi connectivity index (χ3n) is 3.64. The van der Waals surface area contributed by atoms with Crippen molar-refractivity contribution in [2.45, 2.75) is 6.04 Å². The number of nitrogens with one attached hydrogen (secondary N) is 1. The number of ether oxygens (including phenoxy) is 2. The van der Waals surface area contributed by atoms with Crippen LogP contribution in [0.2, 0.25) is 5.02 Å². The van der Waals surface area contributed by atoms with Gasteiger partial charge in [-0.1, -0.05) is 11.6 Å². The summed E-state index contributed by atoms with van der Waals surface area (Å²) in [4.78, 5) is 14.4. The van der Waals surface area contributed by atoms with Crippen LogP contribution in [-0.4, -0.2) is 38.2 Å². The Balaban J connectivity index is 1.71. The minimum atomic E-state index is -0.233. The Kier molecular flexibility index (Phi) is 4.45. The molecule has 1 aromatic heterocycles. The smallest absolute Gasteiger partial charge is 0.251 e. The highest BCUT2D eigenvalue weighted by Gasteiger charge is 2.22. The molecule has 1 amide bonds. The van der Waals surface area contributed by atoms with E-state index < -0.39 is 0 Å². The van der Waals surface area contributed by atoms with Crippen molar-refractivity contribution >= 4 is 17.5 Å². The fourth-order valence-corrected chi connectivity index (χ4v) is 2.67. The van der Waals surface area contributed by atoms with Crippen molar-refractivity contribution < 1.29 is 18.7 Å². The zero-order chi connectivity index (χ0) is 16.4. The van der Waals surface area contributed by atoms with Crippen LogP contribution in [0.25, 0.3) is 0 Å². The Morgan fingerprint density at radius 1 is 1.39 bits per heavy atom. The first-order chi connectivity index (χ1) is 11.1. The number of nitrogens with zero attached hydrogens (tertiary/aromatic N) is 1. The molecule has 0 saturated heterocycles. The Hall–Kier alpha value is -2.18. The topological polar surface area (TPSA) is 63.9 Å². The molecule has 0 bridgehead atoms. The van der Waals surface area contributed by atoms with E-state index in [0.29, 0.717) is 28.6 Å². The van der Waals surface area contributed by atoms with Gasteiger partial charge in [-0.2, -0.15) is 0 Å². The maximum Gasteiger partial charge on any atom is 0.251 e. The van der Waals surface area contributed by atoms with E-state index in [1.807, 2.05) is 31.1 Å². The zero-order valence-corrected chi connectivity index (χ0v) is 13.6. The standard InChI is InChI=1S/C16H17ClN2O4/c1-19(2)12(13-4-3-5-21-13)8-18-16(20)10-6-11(17)15-14(7-10)22-9-23-15/h3-7,12H,8-9H2,1-2H3,(H,18,20)/t12-/m1/s1. The van der Waals surface area contributed by atoms with Crippen LogP contribution in [0.4, 0.5) is 0 Å². The second-order valence-electron chi connectivity index (χ2n) is 5.40. The second-order valence-corrected chi connectivity index (χ2v) is 5.80. The Morgan fingerprint density at radius 2 is 2.22 bits per heavy atom. The molecule has 6 nitrogen and oxygen atoms in total. The first-order valence-electron chi connectivity index (χ1n) is 7.13. The number of hydrogen-bond acceptors (Lipinski definition) is 5. The molecule has 1 atom stereocenters. The molecule has 1 aromatic carbocycles. The van der Waals surface area contributed by atoms with E-state index in [4.69, 9.17) is 25.5 Å². The van der Waals surface area contributed by atoms with Gasteiger partial charge in [0.1, 0.15) is 5.76 Å². The number of likely N-dealkylation sites (N-methyl/N-ethyl adjacent to an activating group) is 1. The summed E-state index contributed by atoms with van der Waals surface area (Å²) in [5, 5.41) is 3.25. The molecule has 122 valence electrons. The molecular formula is C16H17ClN2O4. The molecule has 1 aliphatic heterocycles. The lowest BCUT2D eigenvalue weighted by molar-refractivity contribution is 0.0938. The zero-order valence-electron chi connectivity index (χ0n) is 12.8. The molecule has 3 rings (SSSR count). The van der Waals surface area contributed by atoms with E-state index in [2.05, 4.69) is 5.32 Å². The third-order valence-corrected chi connectivity index (χ3v) is 3.92. The van der Waals surface area contributed by atoms with Gasteiger partial charge < -0.3 is 19.2 Å². The van der Waals surface area contributed by atoms with E-state index in [9.17, 15) is 4.79 Å². The molecule has 0 saturated carbocycles. The summed E-state index contributed by atoms with van der Waals surface area (Å²) in [7, 11) is 3.85. The van der Waals surface area contributed by atoms with Crippen LogP contribution in [0.1, 0.15) is 22.2 Å². The van der Waals surface area contributed by atoms with Crippen molar-refractivity contribution in [3.8, 4) is 11.5 Å². The normalized spacial score (nSPS) is 14.1. The quantitative estimate of drug-likeness (QED) is 0.909. The summed E-state index contributed by atoms with van der Waals surface area (Å²) in [6, 6.07) is 6.85. The molecule has 2 heterocycles. The Labute approximate surface area is 138 Å². The Morgan fingerprint density at radius 3 is 2.91 bits per heavy atom. The molecule has 23 heavy (non-hydrogen) atoms. The van der Waals surface area contributed by atoms with Gasteiger partial charge in [-0.3, -0.25) is 9.69 Å². The van der Waals surface area contributed by atoms with Gasteiger partial charge in [0.05, 0.1) is 17.3 Å². The van der Waals surface area contributed by atoms with Crippen LogP contribution < -0.4 is 14.8 Å². The number of fused-ring (bicyclic) bond motifs is 1. The highest BCUT2D eigenvalue weighted by Crippen LogP contribution is 2.39. The van der Waals surface area contributed by atoms with Gasteiger partial charge in [-0.05, 0) is 38.4 Å². The summed E-state index contributed by atoms with van der Waals surface area (Å²) in [6.45, 7) is 0.521. The predicted molar refractivity (Wildman–Crippen MR) is 85.0 cm³/mol. The lowest BCUT2D eigenvalue weighted by Crippen LogP contribution is -2.34. The molecule has 7 heteroatoms. The minimum absolute atomic E-state index is 0.0570. The molecule has 1 aliphatic rings. The highest BCUT2D eigenvalue weighted by molar-refractivity contribution is 6.32. The van der Waals surface area contributed by atoms with Crippen LogP contribution in [0.5, 0.6) is 11.5 Å². The van der Waals surface area contributed by atoms with Gasteiger partial charge >= 0.3 is 0 Å². The summed E-state index contributed by atoms with van der Waals surface area (Å²) in [6.07, 6.45) is 1.62. The number of benzene rings is 1. The SMILES string of the molecule is CN(C)[C@H](CNC(=O)c1cc(Cl)c2c(c1)OCO2)c1ccco1. The van der Waals surface area contributed by atoms with Crippen LogP contribution in [0, 0.1) is 0 Å². The van der Waals surface area contributed by atoms with Crippen molar-refractivity contribution in [2.24, 2.45) is 0 Å². The van der Waals surface area contributed by atoms with E-state index in [1.165, 1.54) is 0 Å². The third kappa shape index (κ3) is 3.28. The maximum atomic E-state index is 12.4. The fourth-order valence-electron chi connectivity index (χ4n) is 2.41. The number of rotatable bonds is 5. The summed E-state index contributed by atoms with van der Waals surface area (Å²) in [5.41, 5.74) is 0.427. The van der Waals surface area contributed by atoms with Gasteiger partial charge in [0.15, 0.2) is 11.5 Å². The van der Waals surface area contributed by atoms with Crippen molar-refractivity contribution in [3.05, 3.63) is 46.9 Å². The van der Waals surface area contributed by atoms with Crippen LogP contribution in [-0.2, 0) is 0 Å². The predicted octanol–water partition coefficient (Wildman–Crippen LogP) is 2.69. The van der Waals surface area contributed by atoms with E-state index >= 15 is 0 Å². The first kappa shape index (κ1) is 15.7. The monoisotopic (exact) mass is 336 g/mol. The molecule has 2 aromatic rings. The fraction of sp³-hybridized carbons (Fsp3) is 0.312. The lowest BCUT2D eigenvalue weighted by Gasteiger charge is -2.22. The van der Waals surface area contributed by atoms with E-state index in [0.717, 1.165) is 5.76 Å². The molecule has 0 fully saturated rings. The number of carbonyl (C=O) groups is 1. The van der Waals surface area contributed by atoms with Gasteiger partial charge in [-0.15, -0.1) is 0 Å². The average Bonchev–Trinajstić information content (AvgIpc) is 3.17. The molecule has 0 unspecified atom stereocenters. The molecule has 0 aliphatic carbocycles. The van der Waals surface area contributed by atoms with Crippen molar-refractivity contribution in [1.82, 2.24) is 10.2 Å².